The number of halogens is 1. The lowest BCUT2D eigenvalue weighted by atomic mass is 10.2. The first-order valence-corrected chi connectivity index (χ1v) is 6.57. The average molecular weight is 265 g/mol. The second-order valence-electron chi connectivity index (χ2n) is 4.24. The average Bonchev–Trinajstić information content (AvgIpc) is 2.74. The van der Waals surface area contributed by atoms with Crippen LogP contribution in [-0.2, 0) is 13.1 Å². The molecule has 2 aromatic rings. The van der Waals surface area contributed by atoms with Gasteiger partial charge in [0.1, 0.15) is 5.82 Å². The molecule has 1 aromatic carbocycles. The third kappa shape index (κ3) is 2.86. The molecule has 0 amide bonds. The van der Waals surface area contributed by atoms with Crippen molar-refractivity contribution in [3.05, 3.63) is 45.7 Å². The van der Waals surface area contributed by atoms with Gasteiger partial charge in [-0.15, -0.1) is 11.3 Å². The van der Waals surface area contributed by atoms with Crippen molar-refractivity contribution in [2.24, 2.45) is 5.73 Å². The maximum absolute atomic E-state index is 13.4. The van der Waals surface area contributed by atoms with Crippen molar-refractivity contribution in [3.63, 3.8) is 0 Å². The van der Waals surface area contributed by atoms with Crippen molar-refractivity contribution in [1.29, 1.82) is 0 Å². The van der Waals surface area contributed by atoms with Crippen molar-refractivity contribution in [2.45, 2.75) is 20.0 Å². The van der Waals surface area contributed by atoms with E-state index >= 15 is 0 Å². The number of nitrogens with zero attached hydrogens (tertiary/aromatic N) is 2. The van der Waals surface area contributed by atoms with E-state index in [1.165, 1.54) is 17.0 Å². The number of nitrogens with two attached hydrogens (primary N) is 1. The van der Waals surface area contributed by atoms with Crippen molar-refractivity contribution >= 4 is 17.0 Å². The van der Waals surface area contributed by atoms with Crippen LogP contribution in [0.4, 0.5) is 10.1 Å². The molecule has 1 aromatic heterocycles. The fourth-order valence-electron chi connectivity index (χ4n) is 1.76. The predicted molar refractivity (Wildman–Crippen MR) is 73.2 cm³/mol. The fourth-order valence-corrected chi connectivity index (χ4v) is 2.59. The third-order valence-electron chi connectivity index (χ3n) is 2.84. The highest BCUT2D eigenvalue weighted by molar-refractivity contribution is 7.09. The Kier molecular flexibility index (Phi) is 3.93. The van der Waals surface area contributed by atoms with Crippen LogP contribution in [-0.4, -0.2) is 12.0 Å². The van der Waals surface area contributed by atoms with Gasteiger partial charge in [-0.3, -0.25) is 0 Å². The highest BCUT2D eigenvalue weighted by Crippen LogP contribution is 2.21. The Morgan fingerprint density at radius 2 is 2.17 bits per heavy atom. The van der Waals surface area contributed by atoms with Crippen LogP contribution in [0.25, 0.3) is 0 Å². The van der Waals surface area contributed by atoms with Crippen LogP contribution in [0.15, 0.2) is 23.7 Å². The highest BCUT2D eigenvalue weighted by atomic mass is 32.1. The van der Waals surface area contributed by atoms with E-state index in [2.05, 4.69) is 4.98 Å². The number of benzene rings is 1. The van der Waals surface area contributed by atoms with E-state index in [0.29, 0.717) is 6.54 Å². The number of aromatic nitrogens is 1. The van der Waals surface area contributed by atoms with Gasteiger partial charge in [-0.2, -0.15) is 0 Å². The molecule has 0 aliphatic carbocycles. The van der Waals surface area contributed by atoms with E-state index in [1.54, 1.807) is 11.3 Å². The minimum absolute atomic E-state index is 0.249. The largest absolute Gasteiger partial charge is 0.369 e. The van der Waals surface area contributed by atoms with Crippen LogP contribution in [0, 0.1) is 12.7 Å². The molecule has 0 fully saturated rings. The molecule has 0 radical (unpaired) electrons. The molecule has 3 nitrogen and oxygen atoms in total. The zero-order chi connectivity index (χ0) is 13.1. The van der Waals surface area contributed by atoms with Crippen molar-refractivity contribution in [3.8, 4) is 0 Å². The Balaban J connectivity index is 2.20. The van der Waals surface area contributed by atoms with Gasteiger partial charge >= 0.3 is 0 Å². The summed E-state index contributed by atoms with van der Waals surface area (Å²) < 4.78 is 13.4. The second kappa shape index (κ2) is 5.46. The smallest absolute Gasteiger partial charge is 0.125 e. The highest BCUT2D eigenvalue weighted by Gasteiger charge is 2.08. The van der Waals surface area contributed by atoms with Crippen LogP contribution in [0.3, 0.4) is 0 Å². The Hall–Kier alpha value is -1.46. The topological polar surface area (TPSA) is 42.2 Å². The standard InChI is InChI=1S/C13H16FN3S/c1-9-13(18-8-16-9)7-17(2)12-4-10(6-15)3-11(14)5-12/h3-5,8H,6-7,15H2,1-2H3. The normalized spacial score (nSPS) is 10.7. The maximum atomic E-state index is 13.4. The summed E-state index contributed by atoms with van der Waals surface area (Å²) in [5.74, 6) is -0.249. The molecule has 1 heterocycles. The zero-order valence-corrected chi connectivity index (χ0v) is 11.3. The van der Waals surface area contributed by atoms with Crippen LogP contribution >= 0.6 is 11.3 Å². The lowest BCUT2D eigenvalue weighted by Gasteiger charge is -2.19. The van der Waals surface area contributed by atoms with Crippen LogP contribution < -0.4 is 10.6 Å². The van der Waals surface area contributed by atoms with E-state index < -0.39 is 0 Å². The number of thiazole rings is 1. The first-order chi connectivity index (χ1) is 8.60. The van der Waals surface area contributed by atoms with Crippen LogP contribution in [0.2, 0.25) is 0 Å². The SMILES string of the molecule is Cc1ncsc1CN(C)c1cc(F)cc(CN)c1. The summed E-state index contributed by atoms with van der Waals surface area (Å²) in [6, 6.07) is 4.91. The van der Waals surface area contributed by atoms with Crippen molar-refractivity contribution < 1.29 is 4.39 Å². The number of anilines is 1. The molecule has 0 bridgehead atoms. The molecular formula is C13H16FN3S. The quantitative estimate of drug-likeness (QED) is 0.924. The molecule has 0 saturated carbocycles. The summed E-state index contributed by atoms with van der Waals surface area (Å²) in [5.41, 5.74) is 10.1. The first-order valence-electron chi connectivity index (χ1n) is 5.70. The van der Waals surface area contributed by atoms with Gasteiger partial charge in [0, 0.05) is 24.2 Å². The van der Waals surface area contributed by atoms with Gasteiger partial charge in [0.25, 0.3) is 0 Å². The Bertz CT molecular complexity index is 539. The number of rotatable bonds is 4. The van der Waals surface area contributed by atoms with Gasteiger partial charge < -0.3 is 10.6 Å². The van der Waals surface area contributed by atoms with Gasteiger partial charge in [-0.05, 0) is 30.7 Å². The summed E-state index contributed by atoms with van der Waals surface area (Å²) in [6.07, 6.45) is 0. The van der Waals surface area contributed by atoms with Gasteiger partial charge in [-0.25, -0.2) is 9.37 Å². The molecule has 2 rings (SSSR count). The molecule has 2 N–H and O–H groups in total. The molecule has 0 saturated heterocycles. The van der Waals surface area contributed by atoms with Gasteiger partial charge in [-0.1, -0.05) is 0 Å². The fraction of sp³-hybridized carbons (Fsp3) is 0.308. The van der Waals surface area contributed by atoms with Gasteiger partial charge in [0.2, 0.25) is 0 Å². The Morgan fingerprint density at radius 1 is 1.39 bits per heavy atom. The minimum Gasteiger partial charge on any atom is -0.369 e. The molecule has 0 atom stereocenters. The minimum atomic E-state index is -0.249. The van der Waals surface area contributed by atoms with E-state index in [0.717, 1.165) is 23.5 Å². The molecule has 0 aliphatic rings. The summed E-state index contributed by atoms with van der Waals surface area (Å²) in [7, 11) is 1.94. The molecule has 0 spiro atoms. The number of hydrogen-bond acceptors (Lipinski definition) is 4. The molecule has 5 heteroatoms. The second-order valence-corrected chi connectivity index (χ2v) is 5.18. The summed E-state index contributed by atoms with van der Waals surface area (Å²) in [6.45, 7) is 3.05. The van der Waals surface area contributed by atoms with E-state index in [9.17, 15) is 4.39 Å². The predicted octanol–water partition coefficient (Wildman–Crippen LogP) is 2.69. The molecule has 96 valence electrons. The first kappa shape index (κ1) is 13.0. The van der Waals surface area contributed by atoms with E-state index in [1.807, 2.05) is 30.4 Å². The Morgan fingerprint density at radius 3 is 2.78 bits per heavy atom. The molecule has 0 aliphatic heterocycles. The number of hydrogen-bond donors (Lipinski definition) is 1. The van der Waals surface area contributed by atoms with Gasteiger partial charge in [0.05, 0.1) is 17.7 Å². The summed E-state index contributed by atoms with van der Waals surface area (Å²) in [5, 5.41) is 0. The number of aryl methyl sites for hydroxylation is 1. The van der Waals surface area contributed by atoms with Crippen molar-refractivity contribution in [2.75, 3.05) is 11.9 Å². The summed E-state index contributed by atoms with van der Waals surface area (Å²) in [4.78, 5) is 7.41. The van der Waals surface area contributed by atoms with Gasteiger partial charge in [0.15, 0.2) is 0 Å². The van der Waals surface area contributed by atoms with E-state index in [-0.39, 0.29) is 5.82 Å². The third-order valence-corrected chi connectivity index (χ3v) is 3.76. The Labute approximate surface area is 110 Å². The maximum Gasteiger partial charge on any atom is 0.125 e. The van der Waals surface area contributed by atoms with Crippen LogP contribution in [0.5, 0.6) is 0 Å². The molecule has 18 heavy (non-hydrogen) atoms. The monoisotopic (exact) mass is 265 g/mol. The van der Waals surface area contributed by atoms with Crippen LogP contribution in [0.1, 0.15) is 16.1 Å². The van der Waals surface area contributed by atoms with Crippen molar-refractivity contribution in [1.82, 2.24) is 4.98 Å². The lowest BCUT2D eigenvalue weighted by molar-refractivity contribution is 0.624. The van der Waals surface area contributed by atoms with E-state index in [4.69, 9.17) is 5.73 Å². The molecule has 0 unspecified atom stereocenters. The zero-order valence-electron chi connectivity index (χ0n) is 10.5. The molecular weight excluding hydrogens is 249 g/mol. The summed E-state index contributed by atoms with van der Waals surface area (Å²) >= 11 is 1.62. The lowest BCUT2D eigenvalue weighted by Crippen LogP contribution is -2.17.